The Morgan fingerprint density at radius 3 is 2.46 bits per heavy atom. The molecule has 3 N–H and O–H groups in total. The molecule has 0 spiro atoms. The van der Waals surface area contributed by atoms with Crippen molar-refractivity contribution in [3.05, 3.63) is 82.0 Å². The summed E-state index contributed by atoms with van der Waals surface area (Å²) in [5.41, 5.74) is 0.517. The largest absolute Gasteiger partial charge is 0.504 e. The minimum Gasteiger partial charge on any atom is -0.504 e. The zero-order chi connectivity index (χ0) is 24.7. The van der Waals surface area contributed by atoms with Crippen LogP contribution >= 0.6 is 0 Å². The predicted molar refractivity (Wildman–Crippen MR) is 123 cm³/mol. The predicted octanol–water partition coefficient (Wildman–Crippen LogP) is 3.78. The van der Waals surface area contributed by atoms with Gasteiger partial charge in [-0.2, -0.15) is 0 Å². The van der Waals surface area contributed by atoms with Crippen molar-refractivity contribution in [1.29, 1.82) is 0 Å². The van der Waals surface area contributed by atoms with Crippen LogP contribution in [0.5, 0.6) is 23.0 Å². The summed E-state index contributed by atoms with van der Waals surface area (Å²) in [6, 6.07) is 16.5. The Kier molecular flexibility index (Phi) is 5.37. The van der Waals surface area contributed by atoms with E-state index in [0.29, 0.717) is 11.1 Å². The molecule has 176 valence electrons. The summed E-state index contributed by atoms with van der Waals surface area (Å²) >= 11 is 0. The van der Waals surface area contributed by atoms with Crippen molar-refractivity contribution < 1.29 is 38.8 Å². The molecule has 0 unspecified atom stereocenters. The molecule has 0 saturated heterocycles. The first kappa shape index (κ1) is 22.0. The van der Waals surface area contributed by atoms with Crippen molar-refractivity contribution in [2.24, 2.45) is 0 Å². The van der Waals surface area contributed by atoms with Crippen LogP contribution in [0.1, 0.15) is 23.5 Å². The van der Waals surface area contributed by atoms with E-state index in [-0.39, 0.29) is 40.2 Å². The van der Waals surface area contributed by atoms with Crippen molar-refractivity contribution in [3.8, 4) is 34.3 Å². The molecule has 0 radical (unpaired) electrons. The molecule has 1 atom stereocenters. The fourth-order valence-electron chi connectivity index (χ4n) is 4.26. The molecule has 3 aromatic carbocycles. The molecule has 2 heterocycles. The van der Waals surface area contributed by atoms with Crippen LogP contribution in [0, 0.1) is 0 Å². The van der Waals surface area contributed by atoms with E-state index in [2.05, 4.69) is 0 Å². The smallest absolute Gasteiger partial charge is 0.341 e. The fraction of sp³-hybridized carbons (Fsp3) is 0.115. The van der Waals surface area contributed by atoms with Crippen LogP contribution in [0.15, 0.2) is 69.9 Å². The van der Waals surface area contributed by atoms with Gasteiger partial charge in [-0.05, 0) is 6.07 Å². The molecule has 9 heteroatoms. The Morgan fingerprint density at radius 2 is 1.71 bits per heavy atom. The van der Waals surface area contributed by atoms with Gasteiger partial charge in [-0.1, -0.05) is 48.5 Å². The number of benzene rings is 3. The number of ether oxygens (including phenoxy) is 2. The number of rotatable bonds is 5. The summed E-state index contributed by atoms with van der Waals surface area (Å²) in [5, 5.41) is 30.0. The average molecular weight is 474 g/mol. The Labute approximate surface area is 197 Å². The van der Waals surface area contributed by atoms with Crippen molar-refractivity contribution in [2.75, 3.05) is 6.61 Å². The van der Waals surface area contributed by atoms with Crippen molar-refractivity contribution in [1.82, 2.24) is 0 Å². The molecule has 5 rings (SSSR count). The van der Waals surface area contributed by atoms with Crippen LogP contribution in [0.25, 0.3) is 22.3 Å². The van der Waals surface area contributed by atoms with E-state index >= 15 is 0 Å². The molecule has 0 fully saturated rings. The van der Waals surface area contributed by atoms with Gasteiger partial charge in [-0.25, -0.2) is 4.79 Å². The van der Waals surface area contributed by atoms with Crippen LogP contribution in [0.4, 0.5) is 0 Å². The lowest BCUT2D eigenvalue weighted by atomic mass is 9.84. The first-order chi connectivity index (χ1) is 16.8. The lowest BCUT2D eigenvalue weighted by Gasteiger charge is -2.27. The topological polar surface area (TPSA) is 144 Å². The summed E-state index contributed by atoms with van der Waals surface area (Å²) in [5.74, 6) is -4.19. The Hall–Kier alpha value is -4.79. The molecular formula is C26H18O9. The number of aromatic hydroxyl groups is 2. The van der Waals surface area contributed by atoms with Gasteiger partial charge in [0.25, 0.3) is 0 Å². The molecular weight excluding hydrogens is 456 g/mol. The van der Waals surface area contributed by atoms with Crippen molar-refractivity contribution in [3.63, 3.8) is 0 Å². The van der Waals surface area contributed by atoms with Gasteiger partial charge in [0, 0.05) is 23.1 Å². The van der Waals surface area contributed by atoms with Crippen molar-refractivity contribution >= 4 is 22.9 Å². The number of fused-ring (bicyclic) bond motifs is 3. The summed E-state index contributed by atoms with van der Waals surface area (Å²) < 4.78 is 16.8. The molecule has 1 aliphatic rings. The molecule has 0 amide bonds. The highest BCUT2D eigenvalue weighted by atomic mass is 16.5. The second-order valence-corrected chi connectivity index (χ2v) is 7.94. The summed E-state index contributed by atoms with van der Waals surface area (Å²) in [6.45, 7) is -0.615. The van der Waals surface area contributed by atoms with Crippen LogP contribution in [0.3, 0.4) is 0 Å². The Bertz CT molecular complexity index is 1540. The van der Waals surface area contributed by atoms with Crippen LogP contribution in [0.2, 0.25) is 0 Å². The maximum absolute atomic E-state index is 13.1. The third-order valence-electron chi connectivity index (χ3n) is 5.75. The number of aliphatic carboxylic acids is 1. The number of phenols is 2. The van der Waals surface area contributed by atoms with E-state index in [0.717, 1.165) is 0 Å². The lowest BCUT2D eigenvalue weighted by Crippen LogP contribution is -2.23. The molecule has 0 aliphatic carbocycles. The molecule has 1 aromatic heterocycles. The van der Waals surface area contributed by atoms with Gasteiger partial charge >= 0.3 is 11.9 Å². The van der Waals surface area contributed by atoms with E-state index in [1.54, 1.807) is 54.6 Å². The SMILES string of the molecule is O=C(O)COc1ccccc1[C@H]1CC(=O)Oc2c(O)c(O)c3c(=O)cc(-c4ccccc4)oc3c21. The first-order valence-corrected chi connectivity index (χ1v) is 10.6. The third kappa shape index (κ3) is 3.82. The molecule has 9 nitrogen and oxygen atoms in total. The third-order valence-corrected chi connectivity index (χ3v) is 5.75. The number of esters is 1. The summed E-state index contributed by atoms with van der Waals surface area (Å²) in [7, 11) is 0. The van der Waals surface area contributed by atoms with Gasteiger partial charge in [0.15, 0.2) is 23.5 Å². The van der Waals surface area contributed by atoms with Gasteiger partial charge in [0.1, 0.15) is 22.5 Å². The quantitative estimate of drug-likeness (QED) is 0.224. The molecule has 0 saturated carbocycles. The summed E-state index contributed by atoms with van der Waals surface area (Å²) in [6.07, 6.45) is -0.209. The number of hydrogen-bond acceptors (Lipinski definition) is 8. The monoisotopic (exact) mass is 474 g/mol. The molecule has 0 bridgehead atoms. The van der Waals surface area contributed by atoms with Crippen LogP contribution in [-0.2, 0) is 9.59 Å². The van der Waals surface area contributed by atoms with Crippen LogP contribution < -0.4 is 14.9 Å². The number of hydrogen-bond donors (Lipinski definition) is 3. The fourth-order valence-corrected chi connectivity index (χ4v) is 4.26. The maximum Gasteiger partial charge on any atom is 0.341 e. The summed E-state index contributed by atoms with van der Waals surface area (Å²) in [4.78, 5) is 36.6. The lowest BCUT2D eigenvalue weighted by molar-refractivity contribution is -0.139. The number of phenolic OH excluding ortho intramolecular Hbond substituents is 2. The van der Waals surface area contributed by atoms with Gasteiger partial charge in [-0.3, -0.25) is 9.59 Å². The van der Waals surface area contributed by atoms with E-state index in [1.807, 2.05) is 0 Å². The second kappa shape index (κ2) is 8.53. The van der Waals surface area contributed by atoms with Crippen LogP contribution in [-0.4, -0.2) is 33.9 Å². The molecule has 1 aliphatic heterocycles. The van der Waals surface area contributed by atoms with E-state index < -0.39 is 41.4 Å². The highest BCUT2D eigenvalue weighted by molar-refractivity contribution is 5.96. The van der Waals surface area contributed by atoms with Gasteiger partial charge < -0.3 is 29.2 Å². The van der Waals surface area contributed by atoms with E-state index in [1.165, 1.54) is 6.07 Å². The minimum atomic E-state index is -1.19. The minimum absolute atomic E-state index is 0.0628. The average Bonchev–Trinajstić information content (AvgIpc) is 2.85. The number of para-hydroxylation sites is 1. The van der Waals surface area contributed by atoms with Gasteiger partial charge in [0.2, 0.25) is 5.75 Å². The highest BCUT2D eigenvalue weighted by Gasteiger charge is 2.37. The molecule has 35 heavy (non-hydrogen) atoms. The number of carboxylic acids is 1. The van der Waals surface area contributed by atoms with Gasteiger partial charge in [-0.15, -0.1) is 0 Å². The maximum atomic E-state index is 13.1. The second-order valence-electron chi connectivity index (χ2n) is 7.94. The number of carbonyl (C=O) groups excluding carboxylic acids is 1. The van der Waals surface area contributed by atoms with Gasteiger partial charge in [0.05, 0.1) is 12.0 Å². The number of carbonyl (C=O) groups is 2. The zero-order valence-corrected chi connectivity index (χ0v) is 18.1. The van der Waals surface area contributed by atoms with E-state index in [4.69, 9.17) is 19.0 Å². The Balaban J connectivity index is 1.81. The number of carboxylic acid groups (broad SMARTS) is 1. The Morgan fingerprint density at radius 1 is 1.00 bits per heavy atom. The normalized spacial score (nSPS) is 14.9. The standard InChI is InChI=1S/C26H18O9/c27-16-11-18(13-6-2-1-3-7-13)34-25-21-15(14-8-4-5-9-17(14)33-12-19(28)29)10-20(30)35-26(21)24(32)23(31)22(16)25/h1-9,11,15,31-32H,10,12H2,(H,28,29)/t15-/m1/s1. The van der Waals surface area contributed by atoms with E-state index in [9.17, 15) is 24.6 Å². The van der Waals surface area contributed by atoms with Crippen molar-refractivity contribution in [2.45, 2.75) is 12.3 Å². The molecule has 4 aromatic rings. The highest BCUT2D eigenvalue weighted by Crippen LogP contribution is 2.53. The zero-order valence-electron chi connectivity index (χ0n) is 18.1. The first-order valence-electron chi connectivity index (χ1n) is 10.6.